The van der Waals surface area contributed by atoms with Crippen molar-refractivity contribution < 1.29 is 22.9 Å². The fourth-order valence-corrected chi connectivity index (χ4v) is 16.5. The summed E-state index contributed by atoms with van der Waals surface area (Å²) in [5.41, 5.74) is -0.0497. The molecule has 0 aromatic rings. The molecular weight excluding hydrogens is 1440 g/mol. The molecule has 18 atom stereocenters. The second-order valence-electron chi connectivity index (χ2n) is 20.9. The first-order chi connectivity index (χ1) is 29.0. The maximum absolute atomic E-state index is 12.3. The quantitative estimate of drug-likeness (QED) is 0.149. The number of hydrogen-bond acceptors (Lipinski definition) is 4. The molecule has 0 amide bonds. The van der Waals surface area contributed by atoms with Crippen LogP contribution in [0.5, 0.6) is 0 Å². The Bertz CT molecular complexity index is 1320. The predicted molar refractivity (Wildman–Crippen MR) is 317 cm³/mol. The topological polar surface area (TPSA) is 77.8 Å². The van der Waals surface area contributed by atoms with E-state index in [0.29, 0.717) is 42.0 Å². The molecule has 8 fully saturated rings. The largest absolute Gasteiger partial charge is 0.141 e. The number of aliphatic hydroxyl groups is 3. The molecule has 0 radical (unpaired) electrons. The molecule has 0 aromatic carbocycles. The summed E-state index contributed by atoms with van der Waals surface area (Å²) in [7, 11) is 2.25. The minimum Gasteiger partial charge on any atom is -0.141 e. The smallest absolute Gasteiger partial charge is 0.0274 e. The van der Waals surface area contributed by atoms with E-state index in [1.807, 2.05) is 20.8 Å². The van der Waals surface area contributed by atoms with Gasteiger partial charge in [0, 0.05) is 8.66 Å². The van der Waals surface area contributed by atoms with Gasteiger partial charge >= 0.3 is 108 Å². The Morgan fingerprint density at radius 2 is 1.05 bits per heavy atom. The molecule has 4 nitrogen and oxygen atoms in total. The van der Waals surface area contributed by atoms with E-state index in [1.54, 1.807) is 6.92 Å². The van der Waals surface area contributed by atoms with Crippen LogP contribution in [0.25, 0.3) is 0 Å². The first kappa shape index (κ1) is 55.3. The molecule has 11 heteroatoms. The van der Waals surface area contributed by atoms with Crippen LogP contribution in [0.1, 0.15) is 187 Å². The summed E-state index contributed by atoms with van der Waals surface area (Å²) in [4.78, 5) is 16.9. The van der Waals surface area contributed by atoms with Gasteiger partial charge in [0.1, 0.15) is 5.78 Å². The van der Waals surface area contributed by atoms with E-state index in [-0.39, 0.29) is 29.8 Å². The van der Waals surface area contributed by atoms with Crippen LogP contribution in [0.3, 0.4) is 0 Å². The van der Waals surface area contributed by atoms with Crippen LogP contribution in [0, 0.1) is 81.8 Å². The molecule has 0 spiro atoms. The number of carbonyl (C=O) groups is 1. The predicted octanol–water partition coefficient (Wildman–Crippen LogP) is 16.9. The van der Waals surface area contributed by atoms with Gasteiger partial charge in [0.15, 0.2) is 0 Å². The Hall–Kier alpha value is 4.36. The first-order valence-electron chi connectivity index (χ1n) is 25.2. The van der Waals surface area contributed by atoms with Crippen molar-refractivity contribution in [3.63, 3.8) is 0 Å². The third-order valence-electron chi connectivity index (χ3n) is 18.4. The summed E-state index contributed by atoms with van der Waals surface area (Å²) in [6, 6.07) is 0. The average molecular weight is 1540 g/mol. The van der Waals surface area contributed by atoms with E-state index in [4.69, 9.17) is 2.74 Å². The second kappa shape index (κ2) is 26.5. The Morgan fingerprint density at radius 3 is 1.43 bits per heavy atom. The molecule has 0 aromatic heterocycles. The number of halogens is 6. The summed E-state index contributed by atoms with van der Waals surface area (Å²) in [6.45, 7) is 15.4. The van der Waals surface area contributed by atoms with E-state index in [9.17, 15) is 20.1 Å². The zero-order chi connectivity index (χ0) is 46.8. The Labute approximate surface area is 429 Å². The van der Waals surface area contributed by atoms with E-state index in [2.05, 4.69) is 114 Å². The van der Waals surface area contributed by atoms with E-state index in [1.165, 1.54) is 96.3 Å². The van der Waals surface area contributed by atoms with Crippen molar-refractivity contribution in [1.29, 1.82) is 0 Å². The van der Waals surface area contributed by atoms with Gasteiger partial charge in [-0.3, -0.25) is 4.79 Å². The zero-order valence-electron chi connectivity index (χ0n) is 41.2. The number of carbonyl (C=O) groups excluding carboxylic acids is 1. The maximum atomic E-state index is 12.3. The van der Waals surface area contributed by atoms with Gasteiger partial charge < -0.3 is 15.3 Å². The van der Waals surface area contributed by atoms with Gasteiger partial charge in [0.25, 0.3) is 0 Å². The summed E-state index contributed by atoms with van der Waals surface area (Å²) in [6.07, 6.45) is 24.8. The average Bonchev–Trinajstić information content (AvgIpc) is 3.78. The molecule has 3 N–H and O–H groups in total. The molecule has 358 valence electrons. The number of fused-ring (bicyclic) bond motifs is 10. The van der Waals surface area contributed by atoms with Gasteiger partial charge in [-0.15, -0.1) is 9.24 Å². The standard InChI is InChI=1S/C22H38O2.C22H36O2.C2H6.2CH3I3.CH5P/c2*1-4-22-12-10-17-16-9-11-21(3,24)13-15(16)5-6-18(17)20(22)8-7-19(22)14(2)23;1-2;2*1-4(2)3;1-2/h14-20,23-24H,4-13H2,1-3H3;15-20,24H,4-13H2,1-3H3;1-2H3;2*1H3;2H2,1H3/t14?,15-,16+,17-,18-,19-,20+,21-,22-;15-,16+,17-,18-,19-,20+,21-,22-;;;;/m11..../s1/i;;1D;;;1D. The molecule has 0 saturated heterocycles. The third kappa shape index (κ3) is 14.3. The molecule has 8 aliphatic carbocycles. The summed E-state index contributed by atoms with van der Waals surface area (Å²) in [5, 5.41) is 31.4. The van der Waals surface area contributed by atoms with E-state index < -0.39 is 11.2 Å². The molecule has 0 bridgehead atoms. The monoisotopic (exact) mass is 1540 g/mol. The van der Waals surface area contributed by atoms with Gasteiger partial charge in [-0.1, -0.05) is 34.3 Å². The van der Waals surface area contributed by atoms with Gasteiger partial charge in [0.05, 0.1) is 17.3 Å². The third-order valence-corrected chi connectivity index (χ3v) is 18.4. The van der Waals surface area contributed by atoms with Gasteiger partial charge in [-0.2, -0.15) is 0 Å². The van der Waals surface area contributed by atoms with Crippen LogP contribution >= 0.6 is 107 Å². The van der Waals surface area contributed by atoms with Crippen molar-refractivity contribution in [2.45, 2.75) is 201 Å². The molecule has 2 unspecified atom stereocenters. The molecule has 60 heavy (non-hydrogen) atoms. The van der Waals surface area contributed by atoms with Crippen molar-refractivity contribution in [3.05, 3.63) is 0 Å². The second-order valence-corrected chi connectivity index (χ2v) is 78.6. The number of rotatable bonds is 4. The van der Waals surface area contributed by atoms with Crippen LogP contribution < -0.4 is 0 Å². The minimum absolute atomic E-state index is 0.132. The van der Waals surface area contributed by atoms with Crippen LogP contribution in [-0.2, 0) is 4.79 Å². The fraction of sp³-hybridized carbons (Fsp3) is 0.980. The number of Topliss-reactive ketones (excluding diaryl/α,β-unsaturated/α-hetero) is 1. The number of alkyl halides is 2. The van der Waals surface area contributed by atoms with Crippen molar-refractivity contribution in [1.82, 2.24) is 0 Å². The van der Waals surface area contributed by atoms with Crippen molar-refractivity contribution >= 4 is 113 Å². The summed E-state index contributed by atoms with van der Waals surface area (Å²) < 4.78 is 12.4. The van der Waals surface area contributed by atoms with E-state index >= 15 is 0 Å². The van der Waals surface area contributed by atoms with Crippen molar-refractivity contribution in [3.8, 4) is 0 Å². The van der Waals surface area contributed by atoms with Crippen LogP contribution in [0.2, 0.25) is 0 Å². The Balaban J connectivity index is 0.000000255. The SMILES string of the molecule is CC[C@]12CC[C@H]3[C@@H](CC[C@@H]4C[C@](C)(O)CC[C@@H]43)[C@@H]1CC[C@@H]2C(C)=O.CC[C@]12CC[C@H]3[C@@H](CC[C@@H]4C[C@](C)(O)CC[C@@H]43)[C@@H]1CC[C@@H]2C(C)O.CI(I)I.CI(I)I.[2H]CC.[2H]CP. The molecular formula is C49H91I6O4P. The van der Waals surface area contributed by atoms with Crippen molar-refractivity contribution in [2.24, 2.45) is 81.8 Å². The summed E-state index contributed by atoms with van der Waals surface area (Å²) in [5.74, 6) is 9.86. The van der Waals surface area contributed by atoms with Crippen LogP contribution in [-0.4, -0.2) is 54.9 Å². The van der Waals surface area contributed by atoms with Gasteiger partial charge in [0.2, 0.25) is 0 Å². The summed E-state index contributed by atoms with van der Waals surface area (Å²) >= 11 is 9.30. The zero-order valence-corrected chi connectivity index (χ0v) is 53.3. The Kier molecular flexibility index (Phi) is 24.5. The minimum atomic E-state index is -0.414. The molecule has 8 aliphatic rings. The molecule has 0 heterocycles. The maximum Gasteiger partial charge on any atom is 0.0274 e. The molecule has 8 rings (SSSR count). The van der Waals surface area contributed by atoms with Gasteiger partial charge in [-0.05, 0) is 232 Å². The number of ketones is 1. The normalized spacial score (nSPS) is 45.8. The first-order valence-corrected chi connectivity index (χ1v) is 54.1. The van der Waals surface area contributed by atoms with Crippen LogP contribution in [0.15, 0.2) is 0 Å². The van der Waals surface area contributed by atoms with Gasteiger partial charge in [-0.25, -0.2) is 0 Å². The van der Waals surface area contributed by atoms with Crippen molar-refractivity contribution in [2.75, 3.05) is 16.5 Å². The number of hydrogen-bond donors (Lipinski definition) is 3. The van der Waals surface area contributed by atoms with Crippen LogP contribution in [0.4, 0.5) is 0 Å². The fourth-order valence-electron chi connectivity index (χ4n) is 16.5. The number of aliphatic hydroxyl groups excluding tert-OH is 1. The van der Waals surface area contributed by atoms with E-state index in [0.717, 1.165) is 91.3 Å². The molecule has 8 saturated carbocycles. The molecule has 0 aliphatic heterocycles. The Morgan fingerprint density at radius 1 is 0.683 bits per heavy atom.